The van der Waals surface area contributed by atoms with Gasteiger partial charge in [0.2, 0.25) is 10.0 Å². The van der Waals surface area contributed by atoms with E-state index < -0.39 is 27.7 Å². The van der Waals surface area contributed by atoms with Gasteiger partial charge in [-0.25, -0.2) is 18.0 Å². The van der Waals surface area contributed by atoms with Gasteiger partial charge < -0.3 is 9.15 Å². The Morgan fingerprint density at radius 1 is 1.07 bits per heavy atom. The molecule has 0 spiro atoms. The fourth-order valence-electron chi connectivity index (χ4n) is 2.38. The number of rotatable bonds is 5. The molecule has 7 nitrogen and oxygen atoms in total. The molecule has 27 heavy (non-hydrogen) atoms. The van der Waals surface area contributed by atoms with E-state index in [1.807, 2.05) is 6.92 Å². The molecule has 0 bridgehead atoms. The fourth-order valence-corrected chi connectivity index (χ4v) is 3.57. The minimum absolute atomic E-state index is 0.0558. The molecule has 0 saturated heterocycles. The number of carbonyl (C=O) groups is 1. The SMILES string of the molecule is Cc1ccc(S(=O)(=O)N[C@H](C)C(=O)Oc2ccc3ccc(=O)oc3c2)cc1. The Kier molecular flexibility index (Phi) is 5.11. The van der Waals surface area contributed by atoms with Gasteiger partial charge in [-0.05, 0) is 44.2 Å². The third-order valence-electron chi connectivity index (χ3n) is 3.83. The van der Waals surface area contributed by atoms with Crippen molar-refractivity contribution in [3.63, 3.8) is 0 Å². The lowest BCUT2D eigenvalue weighted by Crippen LogP contribution is -2.40. The summed E-state index contributed by atoms with van der Waals surface area (Å²) in [6.07, 6.45) is 0. The van der Waals surface area contributed by atoms with E-state index in [0.29, 0.717) is 5.39 Å². The van der Waals surface area contributed by atoms with Crippen LogP contribution in [0.2, 0.25) is 0 Å². The molecule has 3 rings (SSSR count). The van der Waals surface area contributed by atoms with Crippen LogP contribution in [0.3, 0.4) is 0 Å². The Bertz CT molecular complexity index is 1150. The van der Waals surface area contributed by atoms with Crippen molar-refractivity contribution in [1.82, 2.24) is 4.72 Å². The summed E-state index contributed by atoms with van der Waals surface area (Å²) in [7, 11) is -3.86. The Labute approximate surface area is 155 Å². The van der Waals surface area contributed by atoms with Gasteiger partial charge >= 0.3 is 11.6 Å². The van der Waals surface area contributed by atoms with E-state index in [4.69, 9.17) is 9.15 Å². The number of aryl methyl sites for hydroxylation is 1. The van der Waals surface area contributed by atoms with Crippen molar-refractivity contribution >= 4 is 27.0 Å². The van der Waals surface area contributed by atoms with Gasteiger partial charge in [-0.1, -0.05) is 17.7 Å². The van der Waals surface area contributed by atoms with Gasteiger partial charge in [0.25, 0.3) is 0 Å². The first-order chi connectivity index (χ1) is 12.7. The minimum atomic E-state index is -3.86. The lowest BCUT2D eigenvalue weighted by molar-refractivity contribution is -0.135. The molecule has 140 valence electrons. The van der Waals surface area contributed by atoms with Gasteiger partial charge in [0, 0.05) is 17.5 Å². The molecule has 1 heterocycles. The van der Waals surface area contributed by atoms with Crippen LogP contribution in [-0.2, 0) is 14.8 Å². The summed E-state index contributed by atoms with van der Waals surface area (Å²) < 4.78 is 37.2. The van der Waals surface area contributed by atoms with Crippen molar-refractivity contribution in [3.05, 3.63) is 70.6 Å². The van der Waals surface area contributed by atoms with Gasteiger partial charge in [0.15, 0.2) is 0 Å². The van der Waals surface area contributed by atoms with Crippen LogP contribution in [0, 0.1) is 6.92 Å². The highest BCUT2D eigenvalue weighted by Gasteiger charge is 2.23. The number of sulfonamides is 1. The second-order valence-corrected chi connectivity index (χ2v) is 7.75. The predicted molar refractivity (Wildman–Crippen MR) is 99.1 cm³/mol. The minimum Gasteiger partial charge on any atom is -0.425 e. The molecule has 3 aromatic rings. The van der Waals surface area contributed by atoms with E-state index in [-0.39, 0.29) is 16.2 Å². The maximum Gasteiger partial charge on any atom is 0.336 e. The quantitative estimate of drug-likeness (QED) is 0.410. The van der Waals surface area contributed by atoms with E-state index in [1.54, 1.807) is 24.3 Å². The first-order valence-electron chi connectivity index (χ1n) is 8.09. The van der Waals surface area contributed by atoms with E-state index in [9.17, 15) is 18.0 Å². The average Bonchev–Trinajstić information content (AvgIpc) is 2.61. The molecule has 0 saturated carbocycles. The maximum absolute atomic E-state index is 12.4. The van der Waals surface area contributed by atoms with Crippen LogP contribution in [-0.4, -0.2) is 20.4 Å². The van der Waals surface area contributed by atoms with Crippen molar-refractivity contribution in [2.45, 2.75) is 24.8 Å². The second kappa shape index (κ2) is 7.34. The monoisotopic (exact) mass is 387 g/mol. The topological polar surface area (TPSA) is 103 Å². The van der Waals surface area contributed by atoms with Crippen molar-refractivity contribution < 1.29 is 22.4 Å². The molecule has 0 unspecified atom stereocenters. The molecular formula is C19H17NO6S. The van der Waals surface area contributed by atoms with Crippen molar-refractivity contribution in [2.75, 3.05) is 0 Å². The maximum atomic E-state index is 12.4. The summed E-state index contributed by atoms with van der Waals surface area (Å²) in [6, 6.07) is 12.6. The molecule has 1 atom stereocenters. The number of benzene rings is 2. The zero-order valence-electron chi connectivity index (χ0n) is 14.6. The third-order valence-corrected chi connectivity index (χ3v) is 5.39. The number of carbonyl (C=O) groups excluding carboxylic acids is 1. The molecule has 2 aromatic carbocycles. The molecular weight excluding hydrogens is 370 g/mol. The molecule has 0 fully saturated rings. The second-order valence-electron chi connectivity index (χ2n) is 6.03. The van der Waals surface area contributed by atoms with Gasteiger partial charge in [-0.2, -0.15) is 4.72 Å². The highest BCUT2D eigenvalue weighted by atomic mass is 32.2. The summed E-state index contributed by atoms with van der Waals surface area (Å²) in [5.41, 5.74) is 0.662. The molecule has 0 radical (unpaired) electrons. The molecule has 1 aromatic heterocycles. The summed E-state index contributed by atoms with van der Waals surface area (Å²) in [4.78, 5) is 23.6. The lowest BCUT2D eigenvalue weighted by Gasteiger charge is -2.14. The van der Waals surface area contributed by atoms with Crippen LogP contribution >= 0.6 is 0 Å². The van der Waals surface area contributed by atoms with Crippen LogP contribution in [0.1, 0.15) is 12.5 Å². The highest BCUT2D eigenvalue weighted by Crippen LogP contribution is 2.20. The Morgan fingerprint density at radius 2 is 1.74 bits per heavy atom. The molecule has 0 amide bonds. The Balaban J connectivity index is 1.73. The third kappa shape index (κ3) is 4.42. The predicted octanol–water partition coefficient (Wildman–Crippen LogP) is 2.37. The number of nitrogens with one attached hydrogen (secondary N) is 1. The summed E-state index contributed by atoms with van der Waals surface area (Å²) in [5, 5.41) is 0.669. The molecule has 0 aliphatic heterocycles. The van der Waals surface area contributed by atoms with Gasteiger partial charge in [-0.15, -0.1) is 0 Å². The van der Waals surface area contributed by atoms with Crippen molar-refractivity contribution in [3.8, 4) is 5.75 Å². The van der Waals surface area contributed by atoms with Crippen molar-refractivity contribution in [1.29, 1.82) is 0 Å². The first kappa shape index (κ1) is 18.8. The molecule has 1 N–H and O–H groups in total. The number of hydrogen-bond acceptors (Lipinski definition) is 6. The van der Waals surface area contributed by atoms with Crippen LogP contribution in [0.5, 0.6) is 5.75 Å². The van der Waals surface area contributed by atoms with Crippen LogP contribution in [0.4, 0.5) is 0 Å². The standard InChI is InChI=1S/C19H17NO6S/c1-12-3-8-16(9-4-12)27(23,24)20-13(2)19(22)25-15-7-5-14-6-10-18(21)26-17(14)11-15/h3-11,13,20H,1-2H3/t13-/m1/s1. The number of hydrogen-bond donors (Lipinski definition) is 1. The summed E-state index contributed by atoms with van der Waals surface area (Å²) in [6.45, 7) is 3.23. The number of ether oxygens (including phenoxy) is 1. The number of esters is 1. The fraction of sp³-hybridized carbons (Fsp3) is 0.158. The van der Waals surface area contributed by atoms with Crippen LogP contribution in [0.15, 0.2) is 68.7 Å². The molecule has 0 aliphatic rings. The van der Waals surface area contributed by atoms with E-state index in [0.717, 1.165) is 5.56 Å². The van der Waals surface area contributed by atoms with E-state index in [2.05, 4.69) is 4.72 Å². The largest absolute Gasteiger partial charge is 0.425 e. The Hall–Kier alpha value is -2.97. The zero-order valence-corrected chi connectivity index (χ0v) is 15.4. The zero-order chi connectivity index (χ0) is 19.6. The van der Waals surface area contributed by atoms with Crippen LogP contribution in [0.25, 0.3) is 11.0 Å². The molecule has 0 aliphatic carbocycles. The summed E-state index contributed by atoms with van der Waals surface area (Å²) in [5.74, 6) is -0.647. The smallest absolute Gasteiger partial charge is 0.336 e. The van der Waals surface area contributed by atoms with E-state index >= 15 is 0 Å². The van der Waals surface area contributed by atoms with E-state index in [1.165, 1.54) is 37.3 Å². The Morgan fingerprint density at radius 3 is 2.44 bits per heavy atom. The number of fused-ring (bicyclic) bond motifs is 1. The van der Waals surface area contributed by atoms with Gasteiger partial charge in [0.1, 0.15) is 17.4 Å². The normalized spacial score (nSPS) is 12.7. The average molecular weight is 387 g/mol. The highest BCUT2D eigenvalue weighted by molar-refractivity contribution is 7.89. The van der Waals surface area contributed by atoms with Crippen molar-refractivity contribution in [2.24, 2.45) is 0 Å². The van der Waals surface area contributed by atoms with Gasteiger partial charge in [0.05, 0.1) is 4.90 Å². The van der Waals surface area contributed by atoms with Crippen LogP contribution < -0.4 is 15.1 Å². The molecule has 8 heteroatoms. The lowest BCUT2D eigenvalue weighted by atomic mass is 10.2. The summed E-state index contributed by atoms with van der Waals surface area (Å²) >= 11 is 0. The first-order valence-corrected chi connectivity index (χ1v) is 9.57. The van der Waals surface area contributed by atoms with Gasteiger partial charge in [-0.3, -0.25) is 0 Å².